The molecule has 0 unspecified atom stereocenters. The van der Waals surface area contributed by atoms with E-state index in [2.05, 4.69) is 15.6 Å². The SMILES string of the molecule is Cc1cccc(C)c1NC(=O)c1cc(Nc2ccc(N(C)C)cc2)ccn1. The second-order valence-corrected chi connectivity index (χ2v) is 6.72. The highest BCUT2D eigenvalue weighted by molar-refractivity contribution is 6.04. The van der Waals surface area contributed by atoms with Gasteiger partial charge in [-0.2, -0.15) is 0 Å². The van der Waals surface area contributed by atoms with Crippen LogP contribution < -0.4 is 15.5 Å². The number of rotatable bonds is 5. The highest BCUT2D eigenvalue weighted by Gasteiger charge is 2.11. The maximum atomic E-state index is 12.6. The van der Waals surface area contributed by atoms with Crippen LogP contribution in [0.5, 0.6) is 0 Å². The maximum Gasteiger partial charge on any atom is 0.274 e. The molecule has 0 aliphatic carbocycles. The van der Waals surface area contributed by atoms with Gasteiger partial charge in [0.1, 0.15) is 5.69 Å². The number of nitrogens with zero attached hydrogens (tertiary/aromatic N) is 2. The number of carbonyl (C=O) groups excluding carboxylic acids is 1. The van der Waals surface area contributed by atoms with E-state index < -0.39 is 0 Å². The first kappa shape index (κ1) is 18.5. The molecule has 0 atom stereocenters. The lowest BCUT2D eigenvalue weighted by atomic mass is 10.1. The van der Waals surface area contributed by atoms with Crippen molar-refractivity contribution in [3.05, 3.63) is 77.6 Å². The van der Waals surface area contributed by atoms with Gasteiger partial charge in [0.05, 0.1) is 0 Å². The first-order valence-corrected chi connectivity index (χ1v) is 8.82. The number of anilines is 4. The van der Waals surface area contributed by atoms with Crippen molar-refractivity contribution in [2.75, 3.05) is 29.6 Å². The molecule has 0 aliphatic rings. The van der Waals surface area contributed by atoms with Crippen molar-refractivity contribution in [3.63, 3.8) is 0 Å². The van der Waals surface area contributed by atoms with E-state index in [0.29, 0.717) is 5.69 Å². The highest BCUT2D eigenvalue weighted by Crippen LogP contribution is 2.22. The number of aryl methyl sites for hydroxylation is 2. The molecule has 0 saturated carbocycles. The number of aromatic nitrogens is 1. The molecule has 1 aromatic heterocycles. The monoisotopic (exact) mass is 360 g/mol. The van der Waals surface area contributed by atoms with Gasteiger partial charge in [-0.25, -0.2) is 0 Å². The molecule has 2 aromatic carbocycles. The molecule has 5 heteroatoms. The summed E-state index contributed by atoms with van der Waals surface area (Å²) >= 11 is 0. The average molecular weight is 360 g/mol. The van der Waals surface area contributed by atoms with Crippen LogP contribution in [0.2, 0.25) is 0 Å². The molecule has 2 N–H and O–H groups in total. The van der Waals surface area contributed by atoms with Crippen molar-refractivity contribution >= 4 is 28.7 Å². The third-order valence-corrected chi connectivity index (χ3v) is 4.38. The quantitative estimate of drug-likeness (QED) is 0.689. The number of nitrogens with one attached hydrogen (secondary N) is 2. The third-order valence-electron chi connectivity index (χ3n) is 4.38. The van der Waals surface area contributed by atoms with E-state index in [1.165, 1.54) is 0 Å². The Labute approximate surface area is 160 Å². The van der Waals surface area contributed by atoms with Crippen molar-refractivity contribution in [1.82, 2.24) is 4.98 Å². The van der Waals surface area contributed by atoms with E-state index in [0.717, 1.165) is 33.9 Å². The van der Waals surface area contributed by atoms with E-state index >= 15 is 0 Å². The second-order valence-electron chi connectivity index (χ2n) is 6.72. The fourth-order valence-corrected chi connectivity index (χ4v) is 2.83. The lowest BCUT2D eigenvalue weighted by molar-refractivity contribution is 0.102. The fourth-order valence-electron chi connectivity index (χ4n) is 2.83. The van der Waals surface area contributed by atoms with E-state index in [9.17, 15) is 4.79 Å². The predicted molar refractivity (Wildman–Crippen MR) is 112 cm³/mol. The molecule has 0 saturated heterocycles. The largest absolute Gasteiger partial charge is 0.378 e. The van der Waals surface area contributed by atoms with E-state index in [-0.39, 0.29) is 5.91 Å². The minimum atomic E-state index is -0.223. The summed E-state index contributed by atoms with van der Waals surface area (Å²) in [6, 6.07) is 17.6. The van der Waals surface area contributed by atoms with Gasteiger partial charge in [0.15, 0.2) is 0 Å². The number of hydrogen-bond donors (Lipinski definition) is 2. The molecular formula is C22H24N4O. The van der Waals surface area contributed by atoms with Gasteiger partial charge >= 0.3 is 0 Å². The molecule has 3 aromatic rings. The van der Waals surface area contributed by atoms with Crippen molar-refractivity contribution in [2.45, 2.75) is 13.8 Å². The molecule has 3 rings (SSSR count). The Hall–Kier alpha value is -3.34. The van der Waals surface area contributed by atoms with Crippen LogP contribution in [0, 0.1) is 13.8 Å². The Morgan fingerprint density at radius 3 is 2.22 bits per heavy atom. The average Bonchev–Trinajstić information content (AvgIpc) is 2.65. The Kier molecular flexibility index (Phi) is 5.41. The minimum Gasteiger partial charge on any atom is -0.378 e. The van der Waals surface area contributed by atoms with Crippen molar-refractivity contribution in [2.24, 2.45) is 0 Å². The highest BCUT2D eigenvalue weighted by atomic mass is 16.1. The van der Waals surface area contributed by atoms with Gasteiger partial charge in [-0.05, 0) is 61.4 Å². The zero-order chi connectivity index (χ0) is 19.4. The van der Waals surface area contributed by atoms with E-state index in [1.54, 1.807) is 12.3 Å². The molecule has 138 valence electrons. The van der Waals surface area contributed by atoms with E-state index in [4.69, 9.17) is 0 Å². The van der Waals surface area contributed by atoms with Crippen LogP contribution in [-0.4, -0.2) is 25.0 Å². The van der Waals surface area contributed by atoms with Gasteiger partial charge in [-0.1, -0.05) is 18.2 Å². The maximum absolute atomic E-state index is 12.6. The van der Waals surface area contributed by atoms with Gasteiger partial charge in [-0.3, -0.25) is 9.78 Å². The second kappa shape index (κ2) is 7.91. The molecule has 0 radical (unpaired) electrons. The molecule has 0 aliphatic heterocycles. The van der Waals surface area contributed by atoms with Crippen LogP contribution in [0.4, 0.5) is 22.7 Å². The molecule has 27 heavy (non-hydrogen) atoms. The molecule has 1 heterocycles. The molecule has 5 nitrogen and oxygen atoms in total. The number of amides is 1. The van der Waals surface area contributed by atoms with E-state index in [1.807, 2.05) is 81.4 Å². The van der Waals surface area contributed by atoms with Gasteiger partial charge < -0.3 is 15.5 Å². The van der Waals surface area contributed by atoms with Gasteiger partial charge in [0.25, 0.3) is 5.91 Å². The Morgan fingerprint density at radius 1 is 0.926 bits per heavy atom. The predicted octanol–water partition coefficient (Wildman–Crippen LogP) is 4.76. The first-order chi connectivity index (χ1) is 12.9. The van der Waals surface area contributed by atoms with Gasteiger partial charge in [0.2, 0.25) is 0 Å². The lowest BCUT2D eigenvalue weighted by Crippen LogP contribution is -2.15. The first-order valence-electron chi connectivity index (χ1n) is 8.82. The van der Waals surface area contributed by atoms with Crippen molar-refractivity contribution < 1.29 is 4.79 Å². The van der Waals surface area contributed by atoms with Crippen LogP contribution in [0.3, 0.4) is 0 Å². The summed E-state index contributed by atoms with van der Waals surface area (Å²) in [6.07, 6.45) is 1.64. The third kappa shape index (κ3) is 4.44. The summed E-state index contributed by atoms with van der Waals surface area (Å²) in [5.74, 6) is -0.223. The Balaban J connectivity index is 1.76. The minimum absolute atomic E-state index is 0.223. The molecule has 1 amide bonds. The van der Waals surface area contributed by atoms with Crippen molar-refractivity contribution in [1.29, 1.82) is 0 Å². The van der Waals surface area contributed by atoms with Crippen LogP contribution in [0.25, 0.3) is 0 Å². The van der Waals surface area contributed by atoms with Crippen molar-refractivity contribution in [3.8, 4) is 0 Å². The van der Waals surface area contributed by atoms with Gasteiger partial charge in [0, 0.05) is 43.0 Å². The standard InChI is InChI=1S/C22H24N4O/c1-15-6-5-7-16(2)21(15)25-22(27)20-14-18(12-13-23-20)24-17-8-10-19(11-9-17)26(3)4/h5-14H,1-4H3,(H,23,24)(H,25,27). The van der Waals surface area contributed by atoms with Crippen LogP contribution >= 0.6 is 0 Å². The smallest absolute Gasteiger partial charge is 0.274 e. The van der Waals surface area contributed by atoms with Crippen LogP contribution in [0.1, 0.15) is 21.6 Å². The summed E-state index contributed by atoms with van der Waals surface area (Å²) in [5, 5.41) is 6.28. The number of carbonyl (C=O) groups is 1. The molecule has 0 fully saturated rings. The fraction of sp³-hybridized carbons (Fsp3) is 0.182. The summed E-state index contributed by atoms with van der Waals surface area (Å²) < 4.78 is 0. The number of benzene rings is 2. The topological polar surface area (TPSA) is 57.3 Å². The Morgan fingerprint density at radius 2 is 1.59 bits per heavy atom. The summed E-state index contributed by atoms with van der Waals surface area (Å²) in [5.41, 5.74) is 6.15. The van der Waals surface area contributed by atoms with Gasteiger partial charge in [-0.15, -0.1) is 0 Å². The zero-order valence-electron chi connectivity index (χ0n) is 16.1. The molecule has 0 bridgehead atoms. The summed E-state index contributed by atoms with van der Waals surface area (Å²) in [6.45, 7) is 3.96. The number of para-hydroxylation sites is 1. The lowest BCUT2D eigenvalue weighted by Gasteiger charge is -2.14. The number of pyridine rings is 1. The Bertz CT molecular complexity index is 929. The van der Waals surface area contributed by atoms with Crippen LogP contribution in [0.15, 0.2) is 60.8 Å². The summed E-state index contributed by atoms with van der Waals surface area (Å²) in [4.78, 5) is 18.9. The molecule has 0 spiro atoms. The summed E-state index contributed by atoms with van der Waals surface area (Å²) in [7, 11) is 4.01. The molecular weight excluding hydrogens is 336 g/mol. The van der Waals surface area contributed by atoms with Crippen LogP contribution in [-0.2, 0) is 0 Å². The normalized spacial score (nSPS) is 10.4. The zero-order valence-corrected chi connectivity index (χ0v) is 16.1. The number of hydrogen-bond acceptors (Lipinski definition) is 4.